The zero-order valence-corrected chi connectivity index (χ0v) is 17.8. The number of nitrogens with zero attached hydrogens (tertiary/aromatic N) is 1. The van der Waals surface area contributed by atoms with Crippen LogP contribution in [0.4, 0.5) is 0 Å². The number of H-pyrrole nitrogens is 1. The SMILES string of the molecule is C/C(=C\C(=O)NO)c1ccc2c(c1)CC[C@H]2N(CCO)CCc1c[nH]c2ccccc12. The molecule has 1 aliphatic carbocycles. The number of nitrogens with one attached hydrogen (secondary N) is 2. The summed E-state index contributed by atoms with van der Waals surface area (Å²) in [5.41, 5.74) is 8.48. The van der Waals surface area contributed by atoms with Crippen LogP contribution in [0.15, 0.2) is 54.7 Å². The summed E-state index contributed by atoms with van der Waals surface area (Å²) in [7, 11) is 0. The summed E-state index contributed by atoms with van der Waals surface area (Å²) in [5, 5.41) is 19.7. The van der Waals surface area contributed by atoms with Gasteiger partial charge in [0.1, 0.15) is 0 Å². The number of aliphatic hydroxyl groups is 1. The van der Waals surface area contributed by atoms with Crippen LogP contribution in [0.5, 0.6) is 0 Å². The number of carbonyl (C=O) groups excluding carboxylic acids is 1. The topological polar surface area (TPSA) is 88.6 Å². The van der Waals surface area contributed by atoms with Crippen LogP contribution in [-0.2, 0) is 17.6 Å². The third-order valence-corrected chi connectivity index (χ3v) is 6.27. The highest BCUT2D eigenvalue weighted by Crippen LogP contribution is 2.37. The lowest BCUT2D eigenvalue weighted by atomic mass is 9.99. The standard InChI is InChI=1S/C25H29N3O3/c1-17(14-25(30)27-31)18-6-8-22-19(15-18)7-9-24(22)28(12-13-29)11-10-20-16-26-23-5-3-2-4-21(20)23/h2-6,8,14-16,24,26,29,31H,7,9-13H2,1H3,(H,27,30)/b17-14+/t24-/m1/s1. The third kappa shape index (κ3) is 4.56. The average Bonchev–Trinajstić information content (AvgIpc) is 3.40. The van der Waals surface area contributed by atoms with Gasteiger partial charge in [0.25, 0.3) is 5.91 Å². The van der Waals surface area contributed by atoms with E-state index >= 15 is 0 Å². The largest absolute Gasteiger partial charge is 0.395 e. The molecule has 31 heavy (non-hydrogen) atoms. The highest BCUT2D eigenvalue weighted by Gasteiger charge is 2.28. The normalized spacial score (nSPS) is 16.1. The lowest BCUT2D eigenvalue weighted by molar-refractivity contribution is -0.124. The number of hydrogen-bond donors (Lipinski definition) is 4. The molecule has 4 N–H and O–H groups in total. The smallest absolute Gasteiger partial charge is 0.267 e. The molecule has 6 nitrogen and oxygen atoms in total. The zero-order chi connectivity index (χ0) is 21.8. The van der Waals surface area contributed by atoms with E-state index in [0.29, 0.717) is 6.54 Å². The molecule has 6 heteroatoms. The van der Waals surface area contributed by atoms with Crippen LogP contribution < -0.4 is 5.48 Å². The second-order valence-electron chi connectivity index (χ2n) is 8.14. The van der Waals surface area contributed by atoms with Crippen LogP contribution in [0.1, 0.15) is 41.6 Å². The first-order valence-electron chi connectivity index (χ1n) is 10.8. The fraction of sp³-hybridized carbons (Fsp3) is 0.320. The Bertz CT molecular complexity index is 1100. The maximum absolute atomic E-state index is 11.4. The number of hydrogen-bond acceptors (Lipinski definition) is 4. The Morgan fingerprint density at radius 1 is 1.26 bits per heavy atom. The maximum Gasteiger partial charge on any atom is 0.267 e. The van der Waals surface area contributed by atoms with Gasteiger partial charge in [-0.05, 0) is 60.1 Å². The molecule has 1 amide bonds. The number of aromatic amines is 1. The lowest BCUT2D eigenvalue weighted by Crippen LogP contribution is -2.32. The van der Waals surface area contributed by atoms with Crippen molar-refractivity contribution in [3.8, 4) is 0 Å². The number of carbonyl (C=O) groups is 1. The fourth-order valence-electron chi connectivity index (χ4n) is 4.69. The van der Waals surface area contributed by atoms with Gasteiger partial charge in [-0.3, -0.25) is 14.9 Å². The van der Waals surface area contributed by atoms with E-state index in [-0.39, 0.29) is 12.6 Å². The number of rotatable bonds is 8. The van der Waals surface area contributed by atoms with Crippen molar-refractivity contribution in [1.29, 1.82) is 0 Å². The molecule has 0 spiro atoms. The average molecular weight is 420 g/mol. The summed E-state index contributed by atoms with van der Waals surface area (Å²) >= 11 is 0. The Labute approximate surface area is 182 Å². The van der Waals surface area contributed by atoms with E-state index in [1.54, 1.807) is 5.48 Å². The van der Waals surface area contributed by atoms with Crippen molar-refractivity contribution in [2.75, 3.05) is 19.7 Å². The number of aryl methyl sites for hydroxylation is 1. The predicted octanol–water partition coefficient (Wildman–Crippen LogP) is 3.60. The summed E-state index contributed by atoms with van der Waals surface area (Å²) in [4.78, 5) is 17.2. The molecule has 1 aliphatic rings. The Morgan fingerprint density at radius 3 is 2.90 bits per heavy atom. The summed E-state index contributed by atoms with van der Waals surface area (Å²) in [5.74, 6) is -0.526. The predicted molar refractivity (Wildman–Crippen MR) is 122 cm³/mol. The van der Waals surface area contributed by atoms with Crippen molar-refractivity contribution < 1.29 is 15.1 Å². The van der Waals surface area contributed by atoms with Crippen molar-refractivity contribution in [2.45, 2.75) is 32.2 Å². The second-order valence-corrected chi connectivity index (χ2v) is 8.14. The molecule has 1 heterocycles. The molecular formula is C25H29N3O3. The Balaban J connectivity index is 1.51. The van der Waals surface area contributed by atoms with Crippen molar-refractivity contribution in [2.24, 2.45) is 0 Å². The summed E-state index contributed by atoms with van der Waals surface area (Å²) in [6.07, 6.45) is 6.41. The van der Waals surface area contributed by atoms with Gasteiger partial charge < -0.3 is 10.1 Å². The molecule has 0 radical (unpaired) electrons. The molecule has 3 aromatic rings. The van der Waals surface area contributed by atoms with E-state index in [0.717, 1.165) is 42.5 Å². The van der Waals surface area contributed by atoms with E-state index in [4.69, 9.17) is 5.21 Å². The Kier molecular flexibility index (Phi) is 6.51. The van der Waals surface area contributed by atoms with Crippen molar-refractivity contribution >= 4 is 22.4 Å². The van der Waals surface area contributed by atoms with Crippen molar-refractivity contribution in [1.82, 2.24) is 15.4 Å². The van der Waals surface area contributed by atoms with E-state index in [2.05, 4.69) is 46.4 Å². The van der Waals surface area contributed by atoms with E-state index in [1.165, 1.54) is 28.2 Å². The molecule has 0 bridgehead atoms. The third-order valence-electron chi connectivity index (χ3n) is 6.27. The number of aromatic nitrogens is 1. The van der Waals surface area contributed by atoms with Crippen molar-refractivity contribution in [3.63, 3.8) is 0 Å². The molecule has 4 rings (SSSR count). The minimum atomic E-state index is -0.526. The van der Waals surface area contributed by atoms with Gasteiger partial charge in [-0.1, -0.05) is 36.4 Å². The van der Waals surface area contributed by atoms with Gasteiger partial charge in [0.15, 0.2) is 0 Å². The van der Waals surface area contributed by atoms with Crippen LogP contribution in [0, 0.1) is 0 Å². The number of hydroxylamine groups is 1. The van der Waals surface area contributed by atoms with Crippen LogP contribution >= 0.6 is 0 Å². The minimum Gasteiger partial charge on any atom is -0.395 e. The van der Waals surface area contributed by atoms with Crippen LogP contribution in [0.25, 0.3) is 16.5 Å². The second kappa shape index (κ2) is 9.47. The van der Waals surface area contributed by atoms with Gasteiger partial charge >= 0.3 is 0 Å². The van der Waals surface area contributed by atoms with Crippen LogP contribution in [-0.4, -0.2) is 45.8 Å². The van der Waals surface area contributed by atoms with Gasteiger partial charge in [-0.2, -0.15) is 0 Å². The van der Waals surface area contributed by atoms with Crippen LogP contribution in [0.2, 0.25) is 0 Å². The first-order chi connectivity index (χ1) is 15.1. The van der Waals surface area contributed by atoms with E-state index in [1.807, 2.05) is 19.1 Å². The highest BCUT2D eigenvalue weighted by atomic mass is 16.5. The molecule has 0 fully saturated rings. The first-order valence-corrected chi connectivity index (χ1v) is 10.8. The first kappa shape index (κ1) is 21.3. The monoisotopic (exact) mass is 419 g/mol. The van der Waals surface area contributed by atoms with Gasteiger partial charge in [0, 0.05) is 42.3 Å². The molecule has 0 saturated heterocycles. The van der Waals surface area contributed by atoms with E-state index in [9.17, 15) is 9.90 Å². The molecule has 0 saturated carbocycles. The fourth-order valence-corrected chi connectivity index (χ4v) is 4.69. The summed E-state index contributed by atoms with van der Waals surface area (Å²) in [6, 6.07) is 15.0. The lowest BCUT2D eigenvalue weighted by Gasteiger charge is -2.29. The Morgan fingerprint density at radius 2 is 2.10 bits per heavy atom. The molecule has 162 valence electrons. The Hall–Kier alpha value is -2.93. The van der Waals surface area contributed by atoms with E-state index < -0.39 is 5.91 Å². The van der Waals surface area contributed by atoms with Gasteiger partial charge in [0.2, 0.25) is 0 Å². The number of allylic oxidation sites excluding steroid dienone is 1. The molecule has 0 unspecified atom stereocenters. The number of aliphatic hydroxyl groups excluding tert-OH is 1. The quantitative estimate of drug-likeness (QED) is 0.255. The number of fused-ring (bicyclic) bond motifs is 2. The molecule has 1 atom stereocenters. The minimum absolute atomic E-state index is 0.135. The summed E-state index contributed by atoms with van der Waals surface area (Å²) < 4.78 is 0. The number of benzene rings is 2. The van der Waals surface area contributed by atoms with Gasteiger partial charge in [-0.15, -0.1) is 0 Å². The van der Waals surface area contributed by atoms with Crippen molar-refractivity contribution in [3.05, 3.63) is 77.0 Å². The molecular weight excluding hydrogens is 390 g/mol. The molecule has 0 aliphatic heterocycles. The van der Waals surface area contributed by atoms with Crippen LogP contribution in [0.3, 0.4) is 0 Å². The maximum atomic E-state index is 11.4. The molecule has 1 aromatic heterocycles. The van der Waals surface area contributed by atoms with Gasteiger partial charge in [-0.25, -0.2) is 5.48 Å². The highest BCUT2D eigenvalue weighted by molar-refractivity contribution is 5.94. The molecule has 2 aromatic carbocycles. The summed E-state index contributed by atoms with van der Waals surface area (Å²) in [6.45, 7) is 3.52. The number of amides is 1. The zero-order valence-electron chi connectivity index (χ0n) is 17.8. The van der Waals surface area contributed by atoms with Gasteiger partial charge in [0.05, 0.1) is 6.61 Å². The number of para-hydroxylation sites is 1.